The van der Waals surface area contributed by atoms with Crippen LogP contribution in [-0.2, 0) is 11.2 Å². The quantitative estimate of drug-likeness (QED) is 0.324. The van der Waals surface area contributed by atoms with Crippen molar-refractivity contribution in [2.75, 3.05) is 39.8 Å². The number of thiocarbonyl (C=S) groups is 1. The van der Waals surface area contributed by atoms with Crippen LogP contribution in [0.2, 0.25) is 0 Å². The number of methoxy groups -OCH3 is 3. The van der Waals surface area contributed by atoms with Gasteiger partial charge in [-0.3, -0.25) is 0 Å². The molecule has 0 amide bonds. The van der Waals surface area contributed by atoms with E-state index in [1.165, 1.54) is 7.11 Å². The monoisotopic (exact) mass is 520 g/mol. The van der Waals surface area contributed by atoms with Crippen LogP contribution in [0.4, 0.5) is 5.69 Å². The maximum Gasteiger partial charge on any atom is 0.337 e. The fourth-order valence-corrected chi connectivity index (χ4v) is 4.82. The maximum atomic E-state index is 11.8. The fourth-order valence-electron chi connectivity index (χ4n) is 4.49. The number of aryl methyl sites for hydroxylation is 2. The maximum absolute atomic E-state index is 11.8. The molecule has 0 saturated carbocycles. The van der Waals surface area contributed by atoms with Crippen molar-refractivity contribution in [2.24, 2.45) is 0 Å². The number of hydrogen-bond acceptors (Lipinski definition) is 6. The second-order valence-corrected chi connectivity index (χ2v) is 9.33. The smallest absolute Gasteiger partial charge is 0.337 e. The first-order chi connectivity index (χ1) is 17.8. The van der Waals surface area contributed by atoms with E-state index in [0.29, 0.717) is 41.1 Å². The summed E-state index contributed by atoms with van der Waals surface area (Å²) in [5.74, 6) is 1.62. The molecule has 0 saturated heterocycles. The Balaban J connectivity index is 1.63. The van der Waals surface area contributed by atoms with Crippen LogP contribution in [-0.4, -0.2) is 50.5 Å². The van der Waals surface area contributed by atoms with Gasteiger partial charge in [0.1, 0.15) is 12.4 Å². The number of esters is 1. The third kappa shape index (κ3) is 5.80. The predicted molar refractivity (Wildman–Crippen MR) is 148 cm³/mol. The van der Waals surface area contributed by atoms with Gasteiger partial charge in [0.05, 0.1) is 32.9 Å². The van der Waals surface area contributed by atoms with Crippen LogP contribution in [0.25, 0.3) is 0 Å². The summed E-state index contributed by atoms with van der Waals surface area (Å²) in [4.78, 5) is 13.9. The van der Waals surface area contributed by atoms with Crippen LogP contribution in [0.15, 0.2) is 54.6 Å². The summed E-state index contributed by atoms with van der Waals surface area (Å²) >= 11 is 5.92. The van der Waals surface area contributed by atoms with Crippen molar-refractivity contribution in [2.45, 2.75) is 26.3 Å². The van der Waals surface area contributed by atoms with Gasteiger partial charge in [-0.2, -0.15) is 0 Å². The molecule has 3 aromatic rings. The van der Waals surface area contributed by atoms with Crippen LogP contribution in [0.1, 0.15) is 38.7 Å². The molecule has 0 radical (unpaired) electrons. The Morgan fingerprint density at radius 2 is 1.70 bits per heavy atom. The zero-order chi connectivity index (χ0) is 26.5. The summed E-state index contributed by atoms with van der Waals surface area (Å²) in [7, 11) is 4.63. The van der Waals surface area contributed by atoms with Crippen molar-refractivity contribution in [3.63, 3.8) is 0 Å². The molecule has 0 aromatic heterocycles. The number of carbonyl (C=O) groups is 1. The molecule has 0 spiro atoms. The van der Waals surface area contributed by atoms with Crippen molar-refractivity contribution < 1.29 is 23.7 Å². The Labute approximate surface area is 223 Å². The Kier molecular flexibility index (Phi) is 8.18. The molecule has 37 heavy (non-hydrogen) atoms. The van der Waals surface area contributed by atoms with Crippen LogP contribution < -0.4 is 19.5 Å². The van der Waals surface area contributed by atoms with Gasteiger partial charge >= 0.3 is 5.97 Å². The predicted octanol–water partition coefficient (Wildman–Crippen LogP) is 5.48. The lowest BCUT2D eigenvalue weighted by Gasteiger charge is -2.39. The molecule has 7 nitrogen and oxygen atoms in total. The minimum Gasteiger partial charge on any atom is -0.493 e. The highest BCUT2D eigenvalue weighted by atomic mass is 32.1. The van der Waals surface area contributed by atoms with E-state index in [1.54, 1.807) is 38.5 Å². The minimum atomic E-state index is -0.386. The first kappa shape index (κ1) is 26.3. The van der Waals surface area contributed by atoms with Gasteiger partial charge in [0.25, 0.3) is 0 Å². The largest absolute Gasteiger partial charge is 0.493 e. The van der Waals surface area contributed by atoms with Gasteiger partial charge in [0.15, 0.2) is 16.6 Å². The van der Waals surface area contributed by atoms with Crippen LogP contribution >= 0.6 is 12.2 Å². The Hall–Kier alpha value is -3.78. The van der Waals surface area contributed by atoms with E-state index in [0.717, 1.165) is 34.4 Å². The summed E-state index contributed by atoms with van der Waals surface area (Å²) in [6.07, 6.45) is 0.800. The van der Waals surface area contributed by atoms with E-state index in [9.17, 15) is 4.79 Å². The molecular formula is C29H32N2O5S. The number of benzene rings is 3. The molecule has 1 atom stereocenters. The van der Waals surface area contributed by atoms with Gasteiger partial charge in [0, 0.05) is 12.2 Å². The van der Waals surface area contributed by atoms with Crippen LogP contribution in [0.5, 0.6) is 17.2 Å². The van der Waals surface area contributed by atoms with E-state index in [-0.39, 0.29) is 12.0 Å². The van der Waals surface area contributed by atoms with E-state index in [1.807, 2.05) is 12.1 Å². The van der Waals surface area contributed by atoms with E-state index >= 15 is 0 Å². The normalized spacial score (nSPS) is 14.4. The first-order valence-corrected chi connectivity index (χ1v) is 12.5. The molecule has 194 valence electrons. The van der Waals surface area contributed by atoms with Gasteiger partial charge in [-0.15, -0.1) is 0 Å². The van der Waals surface area contributed by atoms with E-state index in [4.69, 9.17) is 31.2 Å². The molecule has 8 heteroatoms. The molecule has 4 rings (SSSR count). The zero-order valence-corrected chi connectivity index (χ0v) is 22.6. The van der Waals surface area contributed by atoms with Gasteiger partial charge in [-0.25, -0.2) is 4.79 Å². The molecule has 0 bridgehead atoms. The van der Waals surface area contributed by atoms with Crippen LogP contribution in [0.3, 0.4) is 0 Å². The Morgan fingerprint density at radius 3 is 2.38 bits per heavy atom. The highest BCUT2D eigenvalue weighted by molar-refractivity contribution is 7.80. The molecule has 1 heterocycles. The number of fused-ring (bicyclic) bond motifs is 1. The van der Waals surface area contributed by atoms with E-state index < -0.39 is 0 Å². The molecule has 0 fully saturated rings. The summed E-state index contributed by atoms with van der Waals surface area (Å²) < 4.78 is 22.1. The number of rotatable bonds is 7. The van der Waals surface area contributed by atoms with Crippen molar-refractivity contribution in [3.05, 3.63) is 82.4 Å². The summed E-state index contributed by atoms with van der Waals surface area (Å²) in [5.41, 5.74) is 5.97. The molecular weight excluding hydrogens is 488 g/mol. The molecule has 1 N–H and O–H groups in total. The van der Waals surface area contributed by atoms with E-state index in [2.05, 4.69) is 42.3 Å². The molecule has 1 aliphatic rings. The average molecular weight is 521 g/mol. The second-order valence-electron chi connectivity index (χ2n) is 8.94. The summed E-state index contributed by atoms with van der Waals surface area (Å²) in [6.45, 7) is 5.18. The van der Waals surface area contributed by atoms with Gasteiger partial charge in [-0.05, 0) is 97.2 Å². The highest BCUT2D eigenvalue weighted by Gasteiger charge is 2.31. The lowest BCUT2D eigenvalue weighted by Crippen LogP contribution is -2.44. The number of nitrogens with one attached hydrogen (secondary N) is 1. The van der Waals surface area contributed by atoms with Crippen LogP contribution in [0, 0.1) is 13.8 Å². The average Bonchev–Trinajstić information content (AvgIpc) is 2.92. The third-order valence-electron chi connectivity index (χ3n) is 6.58. The fraction of sp³-hybridized carbons (Fsp3) is 0.310. The number of ether oxygens (including phenoxy) is 4. The molecule has 1 aliphatic heterocycles. The SMILES string of the molecule is COC(=O)c1ccc(OC[C@@H]2c3cc(OC)c(OC)cc3CCN2C(=S)Nc2cc(C)ccc2C)cc1. The number of carbonyl (C=O) groups excluding carboxylic acids is 1. The lowest BCUT2D eigenvalue weighted by atomic mass is 9.92. The number of anilines is 1. The standard InChI is InChI=1S/C29H32N2O5S/c1-18-6-7-19(2)24(14-18)30-29(37)31-13-12-21-15-26(33-3)27(34-4)16-23(21)25(31)17-36-22-10-8-20(9-11-22)28(32)35-5/h6-11,14-16,25H,12-13,17H2,1-5H3,(H,30,37)/t25-/m1/s1. The van der Waals surface area contributed by atoms with Crippen molar-refractivity contribution >= 4 is 29.0 Å². The second kappa shape index (κ2) is 11.5. The topological polar surface area (TPSA) is 69.3 Å². The highest BCUT2D eigenvalue weighted by Crippen LogP contribution is 2.39. The van der Waals surface area contributed by atoms with Gasteiger partial charge in [-0.1, -0.05) is 12.1 Å². The van der Waals surface area contributed by atoms with Crippen molar-refractivity contribution in [1.82, 2.24) is 4.90 Å². The summed E-state index contributed by atoms with van der Waals surface area (Å²) in [6, 6.07) is 17.0. The minimum absolute atomic E-state index is 0.172. The van der Waals surface area contributed by atoms with Crippen molar-refractivity contribution in [3.8, 4) is 17.2 Å². The first-order valence-electron chi connectivity index (χ1n) is 12.1. The molecule has 0 aliphatic carbocycles. The van der Waals surface area contributed by atoms with Crippen molar-refractivity contribution in [1.29, 1.82) is 0 Å². The summed E-state index contributed by atoms with van der Waals surface area (Å²) in [5, 5.41) is 4.08. The molecule has 3 aromatic carbocycles. The van der Waals surface area contributed by atoms with Gasteiger partial charge in [0.2, 0.25) is 0 Å². The number of nitrogens with zero attached hydrogens (tertiary/aromatic N) is 1. The molecule has 0 unspecified atom stereocenters. The Bertz CT molecular complexity index is 1290. The lowest BCUT2D eigenvalue weighted by molar-refractivity contribution is 0.0600. The Morgan fingerprint density at radius 1 is 1.00 bits per heavy atom. The third-order valence-corrected chi connectivity index (χ3v) is 6.92. The zero-order valence-electron chi connectivity index (χ0n) is 21.8. The number of hydrogen-bond donors (Lipinski definition) is 1. The van der Waals surface area contributed by atoms with Gasteiger partial charge < -0.3 is 29.2 Å².